The zero-order chi connectivity index (χ0) is 13.8. The summed E-state index contributed by atoms with van der Waals surface area (Å²) in [6.45, 7) is 2.80. The van der Waals surface area contributed by atoms with Gasteiger partial charge in [0.1, 0.15) is 11.9 Å². The van der Waals surface area contributed by atoms with Crippen molar-refractivity contribution < 1.29 is 4.74 Å². The number of benzene rings is 1. The van der Waals surface area contributed by atoms with E-state index in [-0.39, 0.29) is 0 Å². The molecule has 0 heterocycles. The van der Waals surface area contributed by atoms with Crippen molar-refractivity contribution in [3.63, 3.8) is 0 Å². The molecule has 0 saturated heterocycles. The number of rotatable bonds is 4. The van der Waals surface area contributed by atoms with Gasteiger partial charge in [0.05, 0.1) is 8.95 Å². The summed E-state index contributed by atoms with van der Waals surface area (Å²) >= 11 is 7.19. The summed E-state index contributed by atoms with van der Waals surface area (Å²) in [5, 5.41) is 0. The second kappa shape index (κ2) is 7.09. The van der Waals surface area contributed by atoms with Crippen LogP contribution in [0.25, 0.3) is 0 Å². The van der Waals surface area contributed by atoms with E-state index in [0.717, 1.165) is 26.7 Å². The van der Waals surface area contributed by atoms with Crippen LogP contribution in [0.1, 0.15) is 44.6 Å². The number of hydrogen-bond acceptors (Lipinski definition) is 2. The van der Waals surface area contributed by atoms with Gasteiger partial charge < -0.3 is 10.5 Å². The Labute approximate surface area is 132 Å². The second-order valence-corrected chi connectivity index (χ2v) is 6.91. The van der Waals surface area contributed by atoms with E-state index in [0.29, 0.717) is 18.6 Å². The van der Waals surface area contributed by atoms with E-state index in [9.17, 15) is 0 Å². The summed E-state index contributed by atoms with van der Waals surface area (Å²) in [4.78, 5) is 0. The second-order valence-electron chi connectivity index (χ2n) is 5.20. The van der Waals surface area contributed by atoms with Crippen molar-refractivity contribution in [3.8, 4) is 5.75 Å². The number of ether oxygens (including phenoxy) is 1. The van der Waals surface area contributed by atoms with Crippen molar-refractivity contribution in [3.05, 3.63) is 26.6 Å². The third-order valence-electron chi connectivity index (χ3n) is 3.93. The molecule has 2 rings (SSSR count). The highest BCUT2D eigenvalue weighted by atomic mass is 79.9. The first kappa shape index (κ1) is 15.3. The standard InChI is InChI=1S/C15H21Br2NO/c1-2-11-5-3-4-6-14(11)19-15-12(16)7-10(9-18)8-13(15)17/h7-8,11,14H,2-6,9,18H2,1H3. The number of halogens is 2. The third kappa shape index (κ3) is 3.73. The number of hydrogen-bond donors (Lipinski definition) is 1. The molecule has 1 aromatic carbocycles. The van der Waals surface area contributed by atoms with Crippen molar-refractivity contribution in [1.29, 1.82) is 0 Å². The zero-order valence-electron chi connectivity index (χ0n) is 11.3. The van der Waals surface area contributed by atoms with Crippen LogP contribution in [0.3, 0.4) is 0 Å². The van der Waals surface area contributed by atoms with Gasteiger partial charge in [-0.3, -0.25) is 0 Å². The first-order valence-corrected chi connectivity index (χ1v) is 8.59. The Morgan fingerprint density at radius 2 is 1.84 bits per heavy atom. The highest BCUT2D eigenvalue weighted by Gasteiger charge is 2.26. The molecule has 106 valence electrons. The fraction of sp³-hybridized carbons (Fsp3) is 0.600. The van der Waals surface area contributed by atoms with Gasteiger partial charge in [0, 0.05) is 6.54 Å². The molecule has 0 amide bonds. The average Bonchev–Trinajstić information content (AvgIpc) is 2.43. The summed E-state index contributed by atoms with van der Waals surface area (Å²) in [7, 11) is 0. The summed E-state index contributed by atoms with van der Waals surface area (Å²) in [6, 6.07) is 4.09. The molecule has 0 radical (unpaired) electrons. The topological polar surface area (TPSA) is 35.2 Å². The Morgan fingerprint density at radius 1 is 1.21 bits per heavy atom. The van der Waals surface area contributed by atoms with Gasteiger partial charge in [-0.15, -0.1) is 0 Å². The van der Waals surface area contributed by atoms with Crippen LogP contribution in [0.15, 0.2) is 21.1 Å². The summed E-state index contributed by atoms with van der Waals surface area (Å²) in [5.74, 6) is 1.60. The Hall–Kier alpha value is -0.0600. The molecule has 1 aliphatic rings. The van der Waals surface area contributed by atoms with Gasteiger partial charge in [-0.1, -0.05) is 13.3 Å². The zero-order valence-corrected chi connectivity index (χ0v) is 14.5. The lowest BCUT2D eigenvalue weighted by molar-refractivity contribution is 0.0889. The highest BCUT2D eigenvalue weighted by molar-refractivity contribution is 9.11. The van der Waals surface area contributed by atoms with E-state index in [4.69, 9.17) is 10.5 Å². The molecule has 2 unspecified atom stereocenters. The SMILES string of the molecule is CCC1CCCCC1Oc1c(Br)cc(CN)cc1Br. The van der Waals surface area contributed by atoms with Crippen molar-refractivity contribution in [1.82, 2.24) is 0 Å². The van der Waals surface area contributed by atoms with Crippen LogP contribution < -0.4 is 10.5 Å². The molecule has 2 nitrogen and oxygen atoms in total. The molecule has 1 saturated carbocycles. The van der Waals surface area contributed by atoms with E-state index in [1.807, 2.05) is 12.1 Å². The lowest BCUT2D eigenvalue weighted by Crippen LogP contribution is -2.30. The number of nitrogens with two attached hydrogens (primary N) is 1. The van der Waals surface area contributed by atoms with Crippen LogP contribution in [0, 0.1) is 5.92 Å². The largest absolute Gasteiger partial charge is 0.488 e. The van der Waals surface area contributed by atoms with Gasteiger partial charge >= 0.3 is 0 Å². The molecule has 2 N–H and O–H groups in total. The van der Waals surface area contributed by atoms with Gasteiger partial charge in [0.2, 0.25) is 0 Å². The van der Waals surface area contributed by atoms with Gasteiger partial charge in [-0.2, -0.15) is 0 Å². The van der Waals surface area contributed by atoms with Gasteiger partial charge in [0.25, 0.3) is 0 Å². The fourth-order valence-electron chi connectivity index (χ4n) is 2.79. The predicted octanol–water partition coefficient (Wildman–Crippen LogP) is 5.02. The van der Waals surface area contributed by atoms with Crippen LogP contribution in [0.5, 0.6) is 5.75 Å². The summed E-state index contributed by atoms with van der Waals surface area (Å²) in [6.07, 6.45) is 6.60. The van der Waals surface area contributed by atoms with Crippen LogP contribution >= 0.6 is 31.9 Å². The van der Waals surface area contributed by atoms with E-state index in [2.05, 4.69) is 38.8 Å². The van der Waals surface area contributed by atoms with E-state index in [1.165, 1.54) is 25.7 Å². The van der Waals surface area contributed by atoms with Crippen LogP contribution in [0.2, 0.25) is 0 Å². The molecule has 4 heteroatoms. The van der Waals surface area contributed by atoms with Gasteiger partial charge in [0.15, 0.2) is 0 Å². The maximum atomic E-state index is 6.29. The molecule has 19 heavy (non-hydrogen) atoms. The molecule has 0 aromatic heterocycles. The van der Waals surface area contributed by atoms with Crippen LogP contribution in [0.4, 0.5) is 0 Å². The molecular weight excluding hydrogens is 370 g/mol. The molecule has 1 fully saturated rings. The lowest BCUT2D eigenvalue weighted by Gasteiger charge is -2.32. The minimum absolute atomic E-state index is 0.343. The monoisotopic (exact) mass is 389 g/mol. The average molecular weight is 391 g/mol. The summed E-state index contributed by atoms with van der Waals surface area (Å²) in [5.41, 5.74) is 6.78. The molecule has 0 aliphatic heterocycles. The Morgan fingerprint density at radius 3 is 2.42 bits per heavy atom. The van der Waals surface area contributed by atoms with Crippen molar-refractivity contribution >= 4 is 31.9 Å². The fourth-order valence-corrected chi connectivity index (χ4v) is 4.26. The highest BCUT2D eigenvalue weighted by Crippen LogP contribution is 2.38. The predicted molar refractivity (Wildman–Crippen MR) is 86.4 cm³/mol. The molecular formula is C15H21Br2NO. The van der Waals surface area contributed by atoms with Crippen molar-refractivity contribution in [2.45, 2.75) is 51.7 Å². The van der Waals surface area contributed by atoms with Gasteiger partial charge in [-0.05, 0) is 81.2 Å². The first-order chi connectivity index (χ1) is 9.15. The quantitative estimate of drug-likeness (QED) is 0.783. The molecule has 0 bridgehead atoms. The summed E-state index contributed by atoms with van der Waals surface area (Å²) < 4.78 is 8.26. The third-order valence-corrected chi connectivity index (χ3v) is 5.10. The normalized spacial score (nSPS) is 23.4. The lowest BCUT2D eigenvalue weighted by atomic mass is 9.85. The van der Waals surface area contributed by atoms with Crippen LogP contribution in [-0.2, 0) is 6.54 Å². The van der Waals surface area contributed by atoms with Crippen LogP contribution in [-0.4, -0.2) is 6.10 Å². The van der Waals surface area contributed by atoms with Gasteiger partial charge in [-0.25, -0.2) is 0 Å². The van der Waals surface area contributed by atoms with Crippen molar-refractivity contribution in [2.75, 3.05) is 0 Å². The van der Waals surface area contributed by atoms with Crippen molar-refractivity contribution in [2.24, 2.45) is 11.7 Å². The Balaban J connectivity index is 2.18. The Kier molecular flexibility index (Phi) is 5.72. The molecule has 1 aromatic rings. The maximum absolute atomic E-state index is 6.29. The molecule has 1 aliphatic carbocycles. The minimum atomic E-state index is 0.343. The van der Waals surface area contributed by atoms with E-state index >= 15 is 0 Å². The Bertz CT molecular complexity index is 413. The molecule has 0 spiro atoms. The minimum Gasteiger partial charge on any atom is -0.488 e. The molecule has 2 atom stereocenters. The smallest absolute Gasteiger partial charge is 0.148 e. The van der Waals surface area contributed by atoms with E-state index in [1.54, 1.807) is 0 Å². The van der Waals surface area contributed by atoms with E-state index < -0.39 is 0 Å². The maximum Gasteiger partial charge on any atom is 0.148 e. The first-order valence-electron chi connectivity index (χ1n) is 7.00.